The summed E-state index contributed by atoms with van der Waals surface area (Å²) in [4.78, 5) is 12.5. The van der Waals surface area contributed by atoms with E-state index in [1.165, 1.54) is 30.4 Å². The largest absolute Gasteiger partial charge is 0.492 e. The van der Waals surface area contributed by atoms with Crippen molar-refractivity contribution in [3.05, 3.63) is 63.7 Å². The van der Waals surface area contributed by atoms with Crippen molar-refractivity contribution in [2.45, 2.75) is 45.6 Å². The number of rotatable bonds is 5. The second-order valence-corrected chi connectivity index (χ2v) is 6.92. The summed E-state index contributed by atoms with van der Waals surface area (Å²) in [5.41, 5.74) is 4.56. The quantitative estimate of drug-likeness (QED) is 0.807. The van der Waals surface area contributed by atoms with E-state index in [1.54, 1.807) is 18.2 Å². The van der Waals surface area contributed by atoms with Gasteiger partial charge in [-0.25, -0.2) is 0 Å². The molecule has 1 atom stereocenters. The molecule has 0 aliphatic heterocycles. The molecule has 0 saturated carbocycles. The topological polar surface area (TPSA) is 38.3 Å². The summed E-state index contributed by atoms with van der Waals surface area (Å²) in [5.74, 6) is 0.471. The predicted octanol–water partition coefficient (Wildman–Crippen LogP) is 5.11. The summed E-state index contributed by atoms with van der Waals surface area (Å²) in [6.07, 6.45) is 4.83. The van der Waals surface area contributed by atoms with Crippen LogP contribution in [0.15, 0.2) is 36.4 Å². The van der Waals surface area contributed by atoms with E-state index in [2.05, 4.69) is 23.5 Å². The van der Waals surface area contributed by atoms with Gasteiger partial charge in [-0.15, -0.1) is 0 Å². The van der Waals surface area contributed by atoms with Crippen LogP contribution in [0.25, 0.3) is 0 Å². The molecule has 3 nitrogen and oxygen atoms in total. The number of hydrogen-bond donors (Lipinski definition) is 1. The molecule has 1 amide bonds. The second kappa shape index (κ2) is 7.92. The molecule has 2 aromatic carbocycles. The maximum atomic E-state index is 12.5. The first kappa shape index (κ1) is 17.8. The summed E-state index contributed by atoms with van der Waals surface area (Å²) >= 11 is 6.18. The Kier molecular flexibility index (Phi) is 5.64. The van der Waals surface area contributed by atoms with Crippen molar-refractivity contribution in [1.82, 2.24) is 5.32 Å². The Morgan fingerprint density at radius 2 is 1.92 bits per heavy atom. The molecule has 1 unspecified atom stereocenters. The third kappa shape index (κ3) is 4.16. The second-order valence-electron chi connectivity index (χ2n) is 6.51. The van der Waals surface area contributed by atoms with Gasteiger partial charge in [0, 0.05) is 5.56 Å². The van der Waals surface area contributed by atoms with Crippen LogP contribution in [0.4, 0.5) is 0 Å². The fourth-order valence-corrected chi connectivity index (χ4v) is 3.54. The van der Waals surface area contributed by atoms with E-state index >= 15 is 0 Å². The molecule has 2 aromatic rings. The molecule has 1 aliphatic rings. The number of halogens is 1. The molecule has 0 saturated heterocycles. The number of benzene rings is 2. The minimum absolute atomic E-state index is 0.0509. The van der Waals surface area contributed by atoms with Gasteiger partial charge in [0.25, 0.3) is 5.91 Å². The lowest BCUT2D eigenvalue weighted by atomic mass is 9.89. The molecular formula is C21H24ClNO2. The van der Waals surface area contributed by atoms with Crippen LogP contribution in [0.5, 0.6) is 5.75 Å². The van der Waals surface area contributed by atoms with E-state index in [9.17, 15) is 4.79 Å². The van der Waals surface area contributed by atoms with Crippen molar-refractivity contribution in [2.24, 2.45) is 0 Å². The number of aryl methyl sites for hydroxylation is 2. The summed E-state index contributed by atoms with van der Waals surface area (Å²) < 4.78 is 5.41. The third-order valence-corrected chi connectivity index (χ3v) is 5.01. The number of nitrogens with one attached hydrogen (secondary N) is 1. The highest BCUT2D eigenvalue weighted by molar-refractivity contribution is 6.32. The molecule has 3 rings (SSSR count). The molecule has 0 radical (unpaired) electrons. The summed E-state index contributed by atoms with van der Waals surface area (Å²) in [6, 6.07) is 11.7. The van der Waals surface area contributed by atoms with Gasteiger partial charge in [-0.2, -0.15) is 0 Å². The maximum Gasteiger partial charge on any atom is 0.251 e. The highest BCUT2D eigenvalue weighted by Gasteiger charge is 2.16. The first-order valence-electron chi connectivity index (χ1n) is 8.93. The minimum Gasteiger partial charge on any atom is -0.492 e. The van der Waals surface area contributed by atoms with E-state index in [0.717, 1.165) is 12.0 Å². The van der Waals surface area contributed by atoms with Crippen molar-refractivity contribution in [3.8, 4) is 5.75 Å². The molecule has 1 N–H and O–H groups in total. The number of carbonyl (C=O) groups excluding carboxylic acids is 1. The van der Waals surface area contributed by atoms with Crippen molar-refractivity contribution < 1.29 is 9.53 Å². The fraction of sp³-hybridized carbons (Fsp3) is 0.381. The van der Waals surface area contributed by atoms with E-state index in [-0.39, 0.29) is 11.9 Å². The van der Waals surface area contributed by atoms with E-state index < -0.39 is 0 Å². The van der Waals surface area contributed by atoms with Crippen LogP contribution >= 0.6 is 11.6 Å². The number of carbonyl (C=O) groups is 1. The van der Waals surface area contributed by atoms with E-state index in [1.807, 2.05) is 13.8 Å². The molecule has 0 heterocycles. The Hall–Kier alpha value is -2.00. The van der Waals surface area contributed by atoms with Gasteiger partial charge in [0.2, 0.25) is 0 Å². The van der Waals surface area contributed by atoms with Crippen LogP contribution in [0.2, 0.25) is 5.02 Å². The molecule has 4 heteroatoms. The molecule has 0 fully saturated rings. The first-order valence-corrected chi connectivity index (χ1v) is 9.31. The number of amides is 1. The zero-order valence-electron chi connectivity index (χ0n) is 14.8. The summed E-state index contributed by atoms with van der Waals surface area (Å²) in [6.45, 7) is 4.45. The third-order valence-electron chi connectivity index (χ3n) is 4.71. The lowest BCUT2D eigenvalue weighted by molar-refractivity contribution is 0.0940. The Morgan fingerprint density at radius 3 is 2.64 bits per heavy atom. The molecule has 0 aromatic heterocycles. The van der Waals surface area contributed by atoms with Gasteiger partial charge in [-0.3, -0.25) is 4.79 Å². The first-order chi connectivity index (χ1) is 12.1. The van der Waals surface area contributed by atoms with Crippen LogP contribution in [-0.2, 0) is 12.8 Å². The molecule has 1 aliphatic carbocycles. The average molecular weight is 358 g/mol. The molecule has 0 bridgehead atoms. The van der Waals surface area contributed by atoms with Gasteiger partial charge in [0.1, 0.15) is 5.75 Å². The fourth-order valence-electron chi connectivity index (χ4n) is 3.30. The molecular weight excluding hydrogens is 334 g/mol. The van der Waals surface area contributed by atoms with Gasteiger partial charge in [-0.1, -0.05) is 29.8 Å². The normalized spacial score (nSPS) is 14.5. The smallest absolute Gasteiger partial charge is 0.251 e. The molecule has 25 heavy (non-hydrogen) atoms. The lowest BCUT2D eigenvalue weighted by Crippen LogP contribution is -2.26. The van der Waals surface area contributed by atoms with Crippen molar-refractivity contribution >= 4 is 17.5 Å². The minimum atomic E-state index is -0.129. The van der Waals surface area contributed by atoms with Gasteiger partial charge in [0.05, 0.1) is 17.7 Å². The Labute approximate surface area is 154 Å². The standard InChI is InChI=1S/C21H24ClNO2/c1-3-25-20-11-10-18(13-19(20)22)21(24)23-14(2)16-9-8-15-6-4-5-7-17(15)12-16/h8-14H,3-7H2,1-2H3,(H,23,24). The molecule has 132 valence electrons. The number of fused-ring (bicyclic) bond motifs is 1. The van der Waals surface area contributed by atoms with Gasteiger partial charge < -0.3 is 10.1 Å². The zero-order chi connectivity index (χ0) is 17.8. The van der Waals surface area contributed by atoms with Gasteiger partial charge in [-0.05, 0) is 74.4 Å². The Bertz CT molecular complexity index is 772. The van der Waals surface area contributed by atoms with Crippen molar-refractivity contribution in [3.63, 3.8) is 0 Å². The Morgan fingerprint density at radius 1 is 1.16 bits per heavy atom. The number of ether oxygens (including phenoxy) is 1. The van der Waals surface area contributed by atoms with Crippen LogP contribution in [0.1, 0.15) is 59.8 Å². The molecule has 0 spiro atoms. The van der Waals surface area contributed by atoms with E-state index in [0.29, 0.717) is 22.9 Å². The van der Waals surface area contributed by atoms with Gasteiger partial charge >= 0.3 is 0 Å². The van der Waals surface area contributed by atoms with Crippen LogP contribution in [0.3, 0.4) is 0 Å². The van der Waals surface area contributed by atoms with Gasteiger partial charge in [0.15, 0.2) is 0 Å². The zero-order valence-corrected chi connectivity index (χ0v) is 15.5. The monoisotopic (exact) mass is 357 g/mol. The number of hydrogen-bond acceptors (Lipinski definition) is 2. The van der Waals surface area contributed by atoms with Crippen molar-refractivity contribution in [2.75, 3.05) is 6.61 Å². The highest BCUT2D eigenvalue weighted by Crippen LogP contribution is 2.27. The summed E-state index contributed by atoms with van der Waals surface area (Å²) in [5, 5.41) is 3.51. The van der Waals surface area contributed by atoms with E-state index in [4.69, 9.17) is 16.3 Å². The van der Waals surface area contributed by atoms with Crippen LogP contribution < -0.4 is 10.1 Å². The van der Waals surface area contributed by atoms with Crippen LogP contribution in [0, 0.1) is 0 Å². The maximum absolute atomic E-state index is 12.5. The van der Waals surface area contributed by atoms with Crippen LogP contribution in [-0.4, -0.2) is 12.5 Å². The SMILES string of the molecule is CCOc1ccc(C(=O)NC(C)c2ccc3c(c2)CCCC3)cc1Cl. The lowest BCUT2D eigenvalue weighted by Gasteiger charge is -2.20. The predicted molar refractivity (Wildman–Crippen MR) is 102 cm³/mol. The average Bonchev–Trinajstić information content (AvgIpc) is 2.63. The highest BCUT2D eigenvalue weighted by atomic mass is 35.5. The summed E-state index contributed by atoms with van der Waals surface area (Å²) in [7, 11) is 0. The Balaban J connectivity index is 1.71. The van der Waals surface area contributed by atoms with Crippen molar-refractivity contribution in [1.29, 1.82) is 0 Å².